The van der Waals surface area contributed by atoms with E-state index in [0.717, 1.165) is 18.8 Å². The van der Waals surface area contributed by atoms with Gasteiger partial charge in [0.05, 0.1) is 6.61 Å². The van der Waals surface area contributed by atoms with E-state index in [0.29, 0.717) is 0 Å². The van der Waals surface area contributed by atoms with Crippen molar-refractivity contribution in [3.8, 4) is 5.75 Å². The molecule has 0 spiro atoms. The molecule has 1 aromatic carbocycles. The van der Waals surface area contributed by atoms with Crippen molar-refractivity contribution < 1.29 is 4.74 Å². The summed E-state index contributed by atoms with van der Waals surface area (Å²) in [4.78, 5) is 0. The Balaban J connectivity index is 2.35. The lowest BCUT2D eigenvalue weighted by Gasteiger charge is -2.07. The fourth-order valence-corrected chi connectivity index (χ4v) is 1.70. The lowest BCUT2D eigenvalue weighted by atomic mass is 10.1. The van der Waals surface area contributed by atoms with Crippen molar-refractivity contribution in [2.24, 2.45) is 0 Å². The molecule has 0 aliphatic carbocycles. The van der Waals surface area contributed by atoms with Crippen molar-refractivity contribution in [2.45, 2.75) is 46.5 Å². The third-order valence-electron chi connectivity index (χ3n) is 3.01. The summed E-state index contributed by atoms with van der Waals surface area (Å²) >= 11 is 0. The maximum Gasteiger partial charge on any atom is 0.119 e. The lowest BCUT2D eigenvalue weighted by molar-refractivity contribution is 0.305. The van der Waals surface area contributed by atoms with Crippen LogP contribution in [0.3, 0.4) is 0 Å². The summed E-state index contributed by atoms with van der Waals surface area (Å²) in [6, 6.07) is 8.36. The van der Waals surface area contributed by atoms with Crippen LogP contribution in [-0.2, 0) is 0 Å². The quantitative estimate of drug-likeness (QED) is 0.596. The van der Waals surface area contributed by atoms with E-state index < -0.39 is 0 Å². The second-order valence-electron chi connectivity index (χ2n) is 4.41. The molecule has 1 heteroatoms. The fourth-order valence-electron chi connectivity index (χ4n) is 1.70. The van der Waals surface area contributed by atoms with Crippen LogP contribution in [0.1, 0.15) is 52.0 Å². The van der Waals surface area contributed by atoms with Crippen LogP contribution >= 0.6 is 0 Å². The van der Waals surface area contributed by atoms with Gasteiger partial charge in [0, 0.05) is 0 Å². The highest BCUT2D eigenvalue weighted by Gasteiger charge is 1.96. The molecule has 0 aliphatic heterocycles. The highest BCUT2D eigenvalue weighted by molar-refractivity contribution is 5.63. The molecule has 0 saturated heterocycles. The molecule has 1 rings (SSSR count). The minimum absolute atomic E-state index is 0.835. The molecule has 1 aromatic rings. The van der Waals surface area contributed by atoms with E-state index in [9.17, 15) is 0 Å². The minimum atomic E-state index is 0.835. The zero-order valence-electron chi connectivity index (χ0n) is 11.3. The van der Waals surface area contributed by atoms with Gasteiger partial charge in [-0.15, -0.1) is 0 Å². The molecule has 1 nitrogen and oxygen atoms in total. The summed E-state index contributed by atoms with van der Waals surface area (Å²) in [7, 11) is 0. The van der Waals surface area contributed by atoms with Crippen molar-refractivity contribution in [1.82, 2.24) is 0 Å². The maximum atomic E-state index is 5.70. The number of rotatable bonds is 7. The standard InChI is InChI=1S/C16H24O/c1-4-6-7-8-13-17-16-11-9-15(10-12-16)14(3)5-2/h5,9-12H,4,6-8,13H2,1-3H3/b14-5+. The van der Waals surface area contributed by atoms with Crippen molar-refractivity contribution in [2.75, 3.05) is 6.61 Å². The Kier molecular flexibility index (Phi) is 6.46. The number of unbranched alkanes of at least 4 members (excludes halogenated alkanes) is 3. The van der Waals surface area contributed by atoms with E-state index in [2.05, 4.69) is 51.1 Å². The van der Waals surface area contributed by atoms with Gasteiger partial charge < -0.3 is 4.74 Å². The molecule has 0 amide bonds. The third-order valence-corrected chi connectivity index (χ3v) is 3.01. The van der Waals surface area contributed by atoms with Gasteiger partial charge in [-0.25, -0.2) is 0 Å². The number of benzene rings is 1. The zero-order valence-corrected chi connectivity index (χ0v) is 11.3. The molecule has 17 heavy (non-hydrogen) atoms. The van der Waals surface area contributed by atoms with Crippen LogP contribution in [0, 0.1) is 0 Å². The first kappa shape index (κ1) is 13.8. The number of hydrogen-bond donors (Lipinski definition) is 0. The summed E-state index contributed by atoms with van der Waals surface area (Å²) in [5.74, 6) is 0.981. The smallest absolute Gasteiger partial charge is 0.119 e. The monoisotopic (exact) mass is 232 g/mol. The minimum Gasteiger partial charge on any atom is -0.494 e. The molecule has 0 bridgehead atoms. The molecule has 0 atom stereocenters. The van der Waals surface area contributed by atoms with E-state index >= 15 is 0 Å². The molecule has 0 aromatic heterocycles. The molecule has 0 aliphatic rings. The average molecular weight is 232 g/mol. The normalized spacial score (nSPS) is 11.6. The van der Waals surface area contributed by atoms with Crippen LogP contribution < -0.4 is 4.74 Å². The average Bonchev–Trinajstić information content (AvgIpc) is 2.38. The van der Waals surface area contributed by atoms with Crippen molar-refractivity contribution in [1.29, 1.82) is 0 Å². The van der Waals surface area contributed by atoms with E-state index in [4.69, 9.17) is 4.74 Å². The van der Waals surface area contributed by atoms with Crippen LogP contribution in [0.25, 0.3) is 5.57 Å². The Bertz CT molecular complexity index is 335. The van der Waals surface area contributed by atoms with Crippen molar-refractivity contribution in [3.05, 3.63) is 35.9 Å². The van der Waals surface area contributed by atoms with E-state index in [1.165, 1.54) is 30.4 Å². The number of hydrogen-bond acceptors (Lipinski definition) is 1. The molecule has 0 fully saturated rings. The number of ether oxygens (including phenoxy) is 1. The highest BCUT2D eigenvalue weighted by atomic mass is 16.5. The SMILES string of the molecule is C/C=C(\C)c1ccc(OCCCCCC)cc1. The first-order chi connectivity index (χ1) is 8.27. The first-order valence-corrected chi connectivity index (χ1v) is 6.64. The van der Waals surface area contributed by atoms with Crippen LogP contribution in [0.15, 0.2) is 30.3 Å². The van der Waals surface area contributed by atoms with Crippen LogP contribution in [-0.4, -0.2) is 6.61 Å². The van der Waals surface area contributed by atoms with Crippen LogP contribution in [0.2, 0.25) is 0 Å². The molecule has 0 unspecified atom stereocenters. The van der Waals surface area contributed by atoms with Crippen LogP contribution in [0.5, 0.6) is 5.75 Å². The fraction of sp³-hybridized carbons (Fsp3) is 0.500. The molecule has 0 N–H and O–H groups in total. The third kappa shape index (κ3) is 5.08. The van der Waals surface area contributed by atoms with Gasteiger partial charge >= 0.3 is 0 Å². The largest absolute Gasteiger partial charge is 0.494 e. The Morgan fingerprint density at radius 1 is 1.12 bits per heavy atom. The van der Waals surface area contributed by atoms with Gasteiger partial charge in [0.25, 0.3) is 0 Å². The van der Waals surface area contributed by atoms with Gasteiger partial charge in [-0.3, -0.25) is 0 Å². The summed E-state index contributed by atoms with van der Waals surface area (Å²) in [6.07, 6.45) is 7.14. The molecular formula is C16H24O. The summed E-state index contributed by atoms with van der Waals surface area (Å²) in [6.45, 7) is 7.25. The van der Waals surface area contributed by atoms with Gasteiger partial charge in [-0.2, -0.15) is 0 Å². The molecule has 0 heterocycles. The Hall–Kier alpha value is -1.24. The number of allylic oxidation sites excluding steroid dienone is 2. The highest BCUT2D eigenvalue weighted by Crippen LogP contribution is 2.18. The Morgan fingerprint density at radius 2 is 1.82 bits per heavy atom. The summed E-state index contributed by atoms with van der Waals surface area (Å²) in [5, 5.41) is 0. The van der Waals surface area contributed by atoms with Crippen molar-refractivity contribution >= 4 is 5.57 Å². The van der Waals surface area contributed by atoms with Gasteiger partial charge in [-0.1, -0.05) is 44.4 Å². The van der Waals surface area contributed by atoms with Gasteiger partial charge in [0.2, 0.25) is 0 Å². The van der Waals surface area contributed by atoms with Gasteiger partial charge in [-0.05, 0) is 43.5 Å². The van der Waals surface area contributed by atoms with Crippen molar-refractivity contribution in [3.63, 3.8) is 0 Å². The molecule has 0 saturated carbocycles. The summed E-state index contributed by atoms with van der Waals surface area (Å²) < 4.78 is 5.70. The second-order valence-corrected chi connectivity index (χ2v) is 4.41. The topological polar surface area (TPSA) is 9.23 Å². The molecule has 94 valence electrons. The van der Waals surface area contributed by atoms with E-state index in [-0.39, 0.29) is 0 Å². The van der Waals surface area contributed by atoms with E-state index in [1.807, 2.05) is 0 Å². The Labute approximate surface area is 106 Å². The predicted octanol–water partition coefficient (Wildman–Crippen LogP) is 5.07. The molecular weight excluding hydrogens is 208 g/mol. The first-order valence-electron chi connectivity index (χ1n) is 6.64. The van der Waals surface area contributed by atoms with Gasteiger partial charge in [0.1, 0.15) is 5.75 Å². The second kappa shape index (κ2) is 7.94. The lowest BCUT2D eigenvalue weighted by Crippen LogP contribution is -1.97. The van der Waals surface area contributed by atoms with Gasteiger partial charge in [0.15, 0.2) is 0 Å². The Morgan fingerprint density at radius 3 is 2.41 bits per heavy atom. The summed E-state index contributed by atoms with van der Waals surface area (Å²) in [5.41, 5.74) is 2.57. The van der Waals surface area contributed by atoms with Crippen LogP contribution in [0.4, 0.5) is 0 Å². The molecule has 0 radical (unpaired) electrons. The predicted molar refractivity (Wildman–Crippen MR) is 75.4 cm³/mol. The van der Waals surface area contributed by atoms with E-state index in [1.54, 1.807) is 0 Å². The zero-order chi connectivity index (χ0) is 12.5. The maximum absolute atomic E-state index is 5.70.